The van der Waals surface area contributed by atoms with Gasteiger partial charge >= 0.3 is 0 Å². The first-order valence-corrected chi connectivity index (χ1v) is 11.7. The molecule has 1 aliphatic heterocycles. The molecule has 0 saturated heterocycles. The molecule has 5 rings (SSSR count). The third-order valence-corrected chi connectivity index (χ3v) is 6.47. The van der Waals surface area contributed by atoms with Gasteiger partial charge in [0.2, 0.25) is 0 Å². The van der Waals surface area contributed by atoms with Crippen molar-refractivity contribution in [1.29, 1.82) is 5.26 Å². The van der Waals surface area contributed by atoms with Gasteiger partial charge in [-0.05, 0) is 43.0 Å². The lowest BCUT2D eigenvalue weighted by molar-refractivity contribution is 0.0729. The molecule has 4 aromatic rings. The SMILES string of the molecule is Cc1cc(C)cc(CN2C[C@H](C)Cn3c(c(-c4ccccc4)c4ccc(C#N)nc4c3=O)C2=O)c1. The van der Waals surface area contributed by atoms with Crippen molar-refractivity contribution in [2.45, 2.75) is 33.9 Å². The van der Waals surface area contributed by atoms with Crippen LogP contribution in [0.5, 0.6) is 0 Å². The van der Waals surface area contributed by atoms with Crippen molar-refractivity contribution in [3.05, 3.63) is 99.1 Å². The lowest BCUT2D eigenvalue weighted by atomic mass is 9.97. The number of carbonyl (C=O) groups is 1. The van der Waals surface area contributed by atoms with E-state index < -0.39 is 0 Å². The maximum Gasteiger partial charge on any atom is 0.277 e. The highest BCUT2D eigenvalue weighted by Crippen LogP contribution is 2.33. The number of hydrogen-bond acceptors (Lipinski definition) is 4. The van der Waals surface area contributed by atoms with Gasteiger partial charge in [-0.2, -0.15) is 5.26 Å². The van der Waals surface area contributed by atoms with Crippen LogP contribution in [0.15, 0.2) is 65.5 Å². The number of rotatable bonds is 3. The lowest BCUT2D eigenvalue weighted by Crippen LogP contribution is -2.34. The predicted octanol–water partition coefficient (Wildman–Crippen LogP) is 4.84. The van der Waals surface area contributed by atoms with Crippen LogP contribution < -0.4 is 5.56 Å². The van der Waals surface area contributed by atoms with E-state index in [1.807, 2.05) is 41.3 Å². The van der Waals surface area contributed by atoms with Gasteiger partial charge in [-0.3, -0.25) is 9.59 Å². The van der Waals surface area contributed by atoms with Crippen LogP contribution in [0.2, 0.25) is 0 Å². The van der Waals surface area contributed by atoms with Gasteiger partial charge < -0.3 is 9.47 Å². The maximum absolute atomic E-state index is 14.2. The van der Waals surface area contributed by atoms with Crippen molar-refractivity contribution < 1.29 is 4.79 Å². The summed E-state index contributed by atoms with van der Waals surface area (Å²) in [4.78, 5) is 34.0. The fourth-order valence-electron chi connectivity index (χ4n) is 5.17. The second kappa shape index (κ2) is 8.84. The van der Waals surface area contributed by atoms with E-state index >= 15 is 0 Å². The number of nitriles is 1. The molecule has 0 bridgehead atoms. The van der Waals surface area contributed by atoms with Gasteiger partial charge in [0.25, 0.3) is 11.5 Å². The molecule has 174 valence electrons. The molecule has 6 nitrogen and oxygen atoms in total. The summed E-state index contributed by atoms with van der Waals surface area (Å²) < 4.78 is 1.58. The van der Waals surface area contributed by atoms with Crippen LogP contribution in [0.1, 0.15) is 39.8 Å². The molecule has 1 aliphatic rings. The van der Waals surface area contributed by atoms with Crippen molar-refractivity contribution in [3.63, 3.8) is 0 Å². The monoisotopic (exact) mass is 462 g/mol. The average Bonchev–Trinajstić information content (AvgIpc) is 2.95. The summed E-state index contributed by atoms with van der Waals surface area (Å²) in [5.41, 5.74) is 5.34. The largest absolute Gasteiger partial charge is 0.333 e. The molecule has 2 aromatic carbocycles. The minimum absolute atomic E-state index is 0.0593. The molecule has 3 heterocycles. The Labute approximate surface area is 204 Å². The van der Waals surface area contributed by atoms with Crippen molar-refractivity contribution in [3.8, 4) is 17.2 Å². The van der Waals surface area contributed by atoms with Crippen LogP contribution in [-0.4, -0.2) is 26.9 Å². The molecule has 0 N–H and O–H groups in total. The second-order valence-electron chi connectivity index (χ2n) is 9.50. The summed E-state index contributed by atoms with van der Waals surface area (Å²) in [6, 6.07) is 21.3. The zero-order chi connectivity index (χ0) is 24.7. The van der Waals surface area contributed by atoms with Crippen LogP contribution in [0.3, 0.4) is 0 Å². The first-order chi connectivity index (χ1) is 16.9. The third kappa shape index (κ3) is 4.10. The van der Waals surface area contributed by atoms with Crippen LogP contribution in [0.25, 0.3) is 22.0 Å². The Morgan fingerprint density at radius 3 is 2.40 bits per heavy atom. The molecular weight excluding hydrogens is 436 g/mol. The zero-order valence-electron chi connectivity index (χ0n) is 20.1. The molecule has 6 heteroatoms. The van der Waals surface area contributed by atoms with Crippen LogP contribution >= 0.6 is 0 Å². The van der Waals surface area contributed by atoms with Gasteiger partial charge in [0.05, 0.1) is 0 Å². The summed E-state index contributed by atoms with van der Waals surface area (Å²) in [7, 11) is 0. The average molecular weight is 463 g/mol. The number of fused-ring (bicyclic) bond motifs is 2. The van der Waals surface area contributed by atoms with Crippen LogP contribution in [0, 0.1) is 31.1 Å². The van der Waals surface area contributed by atoms with Gasteiger partial charge in [0.1, 0.15) is 23.0 Å². The van der Waals surface area contributed by atoms with E-state index in [1.165, 1.54) is 0 Å². The molecule has 35 heavy (non-hydrogen) atoms. The molecule has 1 atom stereocenters. The maximum atomic E-state index is 14.2. The van der Waals surface area contributed by atoms with E-state index in [0.29, 0.717) is 36.3 Å². The Kier molecular flexibility index (Phi) is 5.70. The second-order valence-corrected chi connectivity index (χ2v) is 9.50. The van der Waals surface area contributed by atoms with Gasteiger partial charge in [-0.15, -0.1) is 0 Å². The van der Waals surface area contributed by atoms with E-state index in [1.54, 1.807) is 16.7 Å². The minimum Gasteiger partial charge on any atom is -0.333 e. The number of amides is 1. The first-order valence-electron chi connectivity index (χ1n) is 11.7. The standard InChI is InChI=1S/C29H26N4O2/c1-18-11-19(2)13-21(12-18)17-32-15-20(3)16-33-27(29(32)35)25(22-7-5-4-6-8-22)24-10-9-23(14-30)31-26(24)28(33)34/h4-13,20H,15-17H2,1-3H3/t20-/m0/s1. The summed E-state index contributed by atoms with van der Waals surface area (Å²) in [5.74, 6) is -0.111. The van der Waals surface area contributed by atoms with Crippen molar-refractivity contribution >= 4 is 16.8 Å². The van der Waals surface area contributed by atoms with Gasteiger partial charge in [0.15, 0.2) is 0 Å². The number of aryl methyl sites for hydroxylation is 2. The Balaban J connectivity index is 1.77. The summed E-state index contributed by atoms with van der Waals surface area (Å²) in [6.07, 6.45) is 0. The topological polar surface area (TPSA) is 79.0 Å². The Morgan fingerprint density at radius 1 is 1.00 bits per heavy atom. The smallest absolute Gasteiger partial charge is 0.277 e. The number of hydrogen-bond donors (Lipinski definition) is 0. The van der Waals surface area contributed by atoms with E-state index in [2.05, 4.69) is 44.0 Å². The Hall–Kier alpha value is -4.24. The van der Waals surface area contributed by atoms with Crippen molar-refractivity contribution in [1.82, 2.24) is 14.5 Å². The van der Waals surface area contributed by atoms with E-state index in [9.17, 15) is 14.9 Å². The molecule has 0 unspecified atom stereocenters. The van der Waals surface area contributed by atoms with E-state index in [-0.39, 0.29) is 28.6 Å². The normalized spacial score (nSPS) is 15.5. The molecule has 1 amide bonds. The van der Waals surface area contributed by atoms with Crippen molar-refractivity contribution in [2.24, 2.45) is 5.92 Å². The zero-order valence-corrected chi connectivity index (χ0v) is 20.1. The fourth-order valence-corrected chi connectivity index (χ4v) is 5.17. The first kappa shape index (κ1) is 22.5. The summed E-state index contributed by atoms with van der Waals surface area (Å²) in [6.45, 7) is 7.57. The number of aromatic nitrogens is 2. The number of carbonyl (C=O) groups excluding carboxylic acids is 1. The highest BCUT2D eigenvalue weighted by molar-refractivity contribution is 6.07. The molecule has 2 aromatic heterocycles. The summed E-state index contributed by atoms with van der Waals surface area (Å²) in [5, 5.41) is 9.96. The molecule has 0 fully saturated rings. The predicted molar refractivity (Wildman–Crippen MR) is 136 cm³/mol. The number of nitrogens with zero attached hydrogens (tertiary/aromatic N) is 4. The molecule has 0 aliphatic carbocycles. The van der Waals surface area contributed by atoms with E-state index in [4.69, 9.17) is 0 Å². The van der Waals surface area contributed by atoms with Crippen molar-refractivity contribution in [2.75, 3.05) is 6.54 Å². The lowest BCUT2D eigenvalue weighted by Gasteiger charge is -2.24. The molecule has 0 radical (unpaired) electrons. The van der Waals surface area contributed by atoms with Gasteiger partial charge in [-0.1, -0.05) is 66.6 Å². The number of pyridine rings is 2. The quantitative estimate of drug-likeness (QED) is 0.436. The summed E-state index contributed by atoms with van der Waals surface area (Å²) >= 11 is 0. The third-order valence-electron chi connectivity index (χ3n) is 6.47. The van der Waals surface area contributed by atoms with E-state index in [0.717, 1.165) is 22.3 Å². The minimum atomic E-state index is -0.333. The fraction of sp³-hybridized carbons (Fsp3) is 0.241. The Bertz CT molecular complexity index is 1540. The van der Waals surface area contributed by atoms with Gasteiger partial charge in [-0.25, -0.2) is 4.98 Å². The Morgan fingerprint density at radius 2 is 1.71 bits per heavy atom. The highest BCUT2D eigenvalue weighted by atomic mass is 16.2. The van der Waals surface area contributed by atoms with Crippen LogP contribution in [0.4, 0.5) is 0 Å². The molecule has 0 spiro atoms. The molecule has 0 saturated carbocycles. The van der Waals surface area contributed by atoms with Crippen LogP contribution in [-0.2, 0) is 13.1 Å². The highest BCUT2D eigenvalue weighted by Gasteiger charge is 2.32. The van der Waals surface area contributed by atoms with Gasteiger partial charge in [0, 0.05) is 30.6 Å². The number of benzene rings is 2. The molecular formula is C29H26N4O2.